The summed E-state index contributed by atoms with van der Waals surface area (Å²) in [6.45, 7) is 4.94. The summed E-state index contributed by atoms with van der Waals surface area (Å²) >= 11 is 5.90. The maximum Gasteiger partial charge on any atom is 0.228 e. The summed E-state index contributed by atoms with van der Waals surface area (Å²) in [4.78, 5) is 11.8. The third-order valence-corrected chi connectivity index (χ3v) is 3.09. The van der Waals surface area contributed by atoms with Crippen LogP contribution in [-0.2, 0) is 5.67 Å². The number of nitrogen functional groups attached to an aromatic ring is 1. The molecule has 3 N–H and O–H groups in total. The molecule has 2 aromatic rings. The zero-order valence-corrected chi connectivity index (χ0v) is 13.9. The van der Waals surface area contributed by atoms with Gasteiger partial charge in [-0.3, -0.25) is 0 Å². The molecule has 1 aromatic carbocycles. The molecule has 0 saturated carbocycles. The van der Waals surface area contributed by atoms with Gasteiger partial charge in [0.1, 0.15) is 12.4 Å². The van der Waals surface area contributed by atoms with Gasteiger partial charge in [0.2, 0.25) is 11.9 Å². The second kappa shape index (κ2) is 6.95. The third-order valence-electron chi connectivity index (χ3n) is 2.86. The van der Waals surface area contributed by atoms with Crippen molar-refractivity contribution in [1.82, 2.24) is 15.0 Å². The van der Waals surface area contributed by atoms with Crippen LogP contribution in [0, 0.1) is 0 Å². The van der Waals surface area contributed by atoms with Gasteiger partial charge in [-0.2, -0.15) is 15.0 Å². The lowest BCUT2D eigenvalue weighted by molar-refractivity contribution is 0.206. The number of aromatic nitrogens is 3. The molecule has 0 aliphatic rings. The summed E-state index contributed by atoms with van der Waals surface area (Å²) in [5.41, 5.74) is 3.90. The van der Waals surface area contributed by atoms with E-state index < -0.39 is 5.67 Å². The highest BCUT2D eigenvalue weighted by molar-refractivity contribution is 6.30. The van der Waals surface area contributed by atoms with E-state index in [0.717, 1.165) is 0 Å². The Hall–Kier alpha value is -2.15. The predicted molar refractivity (Wildman–Crippen MR) is 88.4 cm³/mol. The second-order valence-corrected chi connectivity index (χ2v) is 6.06. The van der Waals surface area contributed by atoms with Crippen LogP contribution >= 0.6 is 11.6 Å². The lowest BCUT2D eigenvalue weighted by atomic mass is 10.1. The molecular weight excluding hydrogens is 321 g/mol. The molecule has 1 heterocycles. The molecule has 1 aromatic heterocycles. The largest absolute Gasteiger partial charge is 0.491 e. The van der Waals surface area contributed by atoms with Gasteiger partial charge in [0, 0.05) is 5.02 Å². The van der Waals surface area contributed by atoms with E-state index >= 15 is 0 Å². The van der Waals surface area contributed by atoms with Crippen molar-refractivity contribution >= 4 is 23.5 Å². The molecule has 8 heteroatoms. The van der Waals surface area contributed by atoms with E-state index in [1.807, 2.05) is 13.0 Å². The molecule has 6 nitrogen and oxygen atoms in total. The van der Waals surface area contributed by atoms with Gasteiger partial charge in [0.25, 0.3) is 0 Å². The van der Waals surface area contributed by atoms with Gasteiger partial charge < -0.3 is 15.8 Å². The summed E-state index contributed by atoms with van der Waals surface area (Å²) < 4.78 is 19.6. The first-order valence-corrected chi connectivity index (χ1v) is 7.47. The fourth-order valence-electron chi connectivity index (χ4n) is 1.76. The summed E-state index contributed by atoms with van der Waals surface area (Å²) in [6, 6.07) is 6.97. The van der Waals surface area contributed by atoms with Gasteiger partial charge in [-0.1, -0.05) is 17.7 Å². The minimum absolute atomic E-state index is 0.0181. The molecule has 0 radical (unpaired) electrons. The SMILES string of the molecule is CC(COc1cccc(Cl)c1)Nc1nc(N)nc(C(C)(C)F)n1. The molecule has 0 spiro atoms. The molecule has 2 rings (SSSR count). The molecule has 0 saturated heterocycles. The summed E-state index contributed by atoms with van der Waals surface area (Å²) in [6.07, 6.45) is 0. The Morgan fingerprint density at radius 1 is 1.35 bits per heavy atom. The van der Waals surface area contributed by atoms with Crippen molar-refractivity contribution in [3.63, 3.8) is 0 Å². The second-order valence-electron chi connectivity index (χ2n) is 5.63. The van der Waals surface area contributed by atoms with Crippen molar-refractivity contribution in [3.8, 4) is 5.75 Å². The van der Waals surface area contributed by atoms with Gasteiger partial charge in [-0.05, 0) is 39.0 Å². The maximum absolute atomic E-state index is 14.0. The number of nitrogens with one attached hydrogen (secondary N) is 1. The average Bonchev–Trinajstić information content (AvgIpc) is 2.44. The number of nitrogens with two attached hydrogens (primary N) is 1. The normalized spacial score (nSPS) is 12.7. The van der Waals surface area contributed by atoms with Gasteiger partial charge in [-0.15, -0.1) is 0 Å². The molecule has 0 aliphatic heterocycles. The number of alkyl halides is 1. The monoisotopic (exact) mass is 339 g/mol. The Bertz CT molecular complexity index is 677. The number of ether oxygens (including phenoxy) is 1. The van der Waals surface area contributed by atoms with Crippen LogP contribution in [0.3, 0.4) is 0 Å². The Labute approximate surface area is 139 Å². The smallest absolute Gasteiger partial charge is 0.228 e. The van der Waals surface area contributed by atoms with Crippen LogP contribution in [0.5, 0.6) is 5.75 Å². The van der Waals surface area contributed by atoms with E-state index in [-0.39, 0.29) is 23.8 Å². The van der Waals surface area contributed by atoms with Crippen LogP contribution in [0.1, 0.15) is 26.6 Å². The average molecular weight is 340 g/mol. The molecule has 1 unspecified atom stereocenters. The highest BCUT2D eigenvalue weighted by Gasteiger charge is 2.24. The lowest BCUT2D eigenvalue weighted by Gasteiger charge is -2.17. The molecular formula is C15H19ClFN5O. The standard InChI is InChI=1S/C15H19ClFN5O/c1-9(8-23-11-6-4-5-10(16)7-11)19-14-21-12(15(2,3)17)20-13(18)22-14/h4-7,9H,8H2,1-3H3,(H3,18,19,20,21,22). The van der Waals surface area contributed by atoms with Crippen LogP contribution in [-0.4, -0.2) is 27.6 Å². The van der Waals surface area contributed by atoms with Gasteiger partial charge in [0.15, 0.2) is 11.5 Å². The first-order valence-electron chi connectivity index (χ1n) is 7.10. The van der Waals surface area contributed by atoms with Crippen LogP contribution in [0.25, 0.3) is 0 Å². The molecule has 0 aliphatic carbocycles. The molecule has 0 amide bonds. The first kappa shape index (κ1) is 17.2. The molecule has 124 valence electrons. The van der Waals surface area contributed by atoms with Crippen LogP contribution in [0.15, 0.2) is 24.3 Å². The lowest BCUT2D eigenvalue weighted by Crippen LogP contribution is -2.26. The molecule has 0 bridgehead atoms. The quantitative estimate of drug-likeness (QED) is 0.840. The maximum atomic E-state index is 14.0. The molecule has 1 atom stereocenters. The number of hydrogen-bond acceptors (Lipinski definition) is 6. The number of hydrogen-bond donors (Lipinski definition) is 2. The van der Waals surface area contributed by atoms with E-state index in [0.29, 0.717) is 17.4 Å². The zero-order chi connectivity index (χ0) is 17.0. The highest BCUT2D eigenvalue weighted by atomic mass is 35.5. The van der Waals surface area contributed by atoms with Crippen LogP contribution in [0.2, 0.25) is 5.02 Å². The van der Waals surface area contributed by atoms with Gasteiger partial charge in [-0.25, -0.2) is 4.39 Å². The van der Waals surface area contributed by atoms with Crippen molar-refractivity contribution < 1.29 is 9.13 Å². The highest BCUT2D eigenvalue weighted by Crippen LogP contribution is 2.22. The predicted octanol–water partition coefficient (Wildman–Crippen LogP) is 3.19. The Morgan fingerprint density at radius 3 is 2.74 bits per heavy atom. The van der Waals surface area contributed by atoms with E-state index in [1.165, 1.54) is 13.8 Å². The fourth-order valence-corrected chi connectivity index (χ4v) is 1.94. The van der Waals surface area contributed by atoms with E-state index in [9.17, 15) is 4.39 Å². The summed E-state index contributed by atoms with van der Waals surface area (Å²) in [5.74, 6) is 0.814. The Balaban J connectivity index is 2.00. The fraction of sp³-hybridized carbons (Fsp3) is 0.400. The number of anilines is 2. The number of halogens is 2. The van der Waals surface area contributed by atoms with Crippen molar-refractivity contribution in [1.29, 1.82) is 0 Å². The van der Waals surface area contributed by atoms with Crippen molar-refractivity contribution in [2.75, 3.05) is 17.7 Å². The summed E-state index contributed by atoms with van der Waals surface area (Å²) in [5, 5.41) is 3.61. The number of rotatable bonds is 6. The topological polar surface area (TPSA) is 86.0 Å². The Morgan fingerprint density at radius 2 is 2.09 bits per heavy atom. The summed E-state index contributed by atoms with van der Waals surface area (Å²) in [7, 11) is 0. The van der Waals surface area contributed by atoms with E-state index in [1.54, 1.807) is 18.2 Å². The van der Waals surface area contributed by atoms with Crippen LogP contribution < -0.4 is 15.8 Å². The van der Waals surface area contributed by atoms with Gasteiger partial charge in [0.05, 0.1) is 6.04 Å². The van der Waals surface area contributed by atoms with E-state index in [2.05, 4.69) is 20.3 Å². The molecule has 0 fully saturated rings. The number of benzene rings is 1. The van der Waals surface area contributed by atoms with Gasteiger partial charge >= 0.3 is 0 Å². The van der Waals surface area contributed by atoms with Crippen molar-refractivity contribution in [3.05, 3.63) is 35.1 Å². The van der Waals surface area contributed by atoms with Crippen molar-refractivity contribution in [2.45, 2.75) is 32.5 Å². The minimum Gasteiger partial charge on any atom is -0.491 e. The first-order chi connectivity index (χ1) is 10.7. The van der Waals surface area contributed by atoms with Crippen LogP contribution in [0.4, 0.5) is 16.3 Å². The van der Waals surface area contributed by atoms with E-state index in [4.69, 9.17) is 22.1 Å². The third kappa shape index (κ3) is 5.21. The molecule has 23 heavy (non-hydrogen) atoms. The Kier molecular flexibility index (Phi) is 5.20. The zero-order valence-electron chi connectivity index (χ0n) is 13.2. The van der Waals surface area contributed by atoms with Crippen molar-refractivity contribution in [2.24, 2.45) is 0 Å². The number of nitrogens with zero attached hydrogens (tertiary/aromatic N) is 3. The minimum atomic E-state index is -1.70.